The van der Waals surface area contributed by atoms with Crippen molar-refractivity contribution in [2.75, 3.05) is 20.1 Å². The molecule has 0 aromatic heterocycles. The number of hydrogen-bond acceptors (Lipinski definition) is 2. The van der Waals surface area contributed by atoms with Crippen molar-refractivity contribution in [2.24, 2.45) is 0 Å². The average Bonchev–Trinajstić information content (AvgIpc) is 2.26. The van der Waals surface area contributed by atoms with Gasteiger partial charge in [-0.25, -0.2) is 0 Å². The molecule has 1 rings (SSSR count). The zero-order chi connectivity index (χ0) is 12.7. The number of carboxylic acids is 1. The molecule has 1 aromatic carbocycles. The number of aliphatic carboxylic acids is 1. The molecule has 0 amide bonds. The van der Waals surface area contributed by atoms with E-state index in [-0.39, 0.29) is 6.42 Å². The second-order valence-corrected chi connectivity index (χ2v) is 5.10. The van der Waals surface area contributed by atoms with Crippen molar-refractivity contribution in [2.45, 2.75) is 19.3 Å². The monoisotopic (exact) mass is 299 g/mol. The quantitative estimate of drug-likeness (QED) is 0.842. The summed E-state index contributed by atoms with van der Waals surface area (Å²) in [4.78, 5) is 12.5. The molecule has 0 aliphatic rings. The molecule has 3 nitrogen and oxygen atoms in total. The number of benzene rings is 1. The highest BCUT2D eigenvalue weighted by Crippen LogP contribution is 2.12. The lowest BCUT2D eigenvalue weighted by atomic mass is 10.1. The maximum Gasteiger partial charge on any atom is 0.303 e. The molecule has 1 N–H and O–H groups in total. The van der Waals surface area contributed by atoms with Gasteiger partial charge >= 0.3 is 5.97 Å². The Balaban J connectivity index is 2.23. The van der Waals surface area contributed by atoms with Gasteiger partial charge < -0.3 is 10.0 Å². The molecular weight excluding hydrogens is 282 g/mol. The number of halogens is 1. The summed E-state index contributed by atoms with van der Waals surface area (Å²) in [5.74, 6) is -0.717. The smallest absolute Gasteiger partial charge is 0.303 e. The molecule has 17 heavy (non-hydrogen) atoms. The zero-order valence-corrected chi connectivity index (χ0v) is 11.6. The van der Waals surface area contributed by atoms with Crippen LogP contribution >= 0.6 is 15.9 Å². The van der Waals surface area contributed by atoms with Crippen LogP contribution < -0.4 is 0 Å². The Morgan fingerprint density at radius 3 is 2.82 bits per heavy atom. The van der Waals surface area contributed by atoms with Crippen molar-refractivity contribution in [3.05, 3.63) is 34.3 Å². The van der Waals surface area contributed by atoms with Gasteiger partial charge in [0.2, 0.25) is 0 Å². The van der Waals surface area contributed by atoms with Crippen LogP contribution in [0.2, 0.25) is 0 Å². The molecule has 0 fully saturated rings. The van der Waals surface area contributed by atoms with Crippen molar-refractivity contribution in [3.8, 4) is 0 Å². The van der Waals surface area contributed by atoms with Gasteiger partial charge in [-0.05, 0) is 44.1 Å². The van der Waals surface area contributed by atoms with E-state index in [1.807, 2.05) is 19.2 Å². The first-order valence-corrected chi connectivity index (χ1v) is 6.52. The molecule has 4 heteroatoms. The standard InChI is InChI=1S/C13H18BrNO2/c1-15(8-3-6-13(16)17)9-7-11-4-2-5-12(14)10-11/h2,4-5,10H,3,6-9H2,1H3,(H,16,17). The van der Waals surface area contributed by atoms with Crippen LogP contribution in [0.1, 0.15) is 18.4 Å². The Kier molecular flexibility index (Phi) is 6.22. The highest BCUT2D eigenvalue weighted by Gasteiger charge is 2.02. The predicted octanol–water partition coefficient (Wildman–Crippen LogP) is 2.79. The maximum atomic E-state index is 10.4. The van der Waals surface area contributed by atoms with Gasteiger partial charge in [-0.2, -0.15) is 0 Å². The molecule has 0 atom stereocenters. The van der Waals surface area contributed by atoms with Crippen LogP contribution in [-0.2, 0) is 11.2 Å². The van der Waals surface area contributed by atoms with Gasteiger partial charge in [0.1, 0.15) is 0 Å². The van der Waals surface area contributed by atoms with Gasteiger partial charge in [-0.3, -0.25) is 4.79 Å². The van der Waals surface area contributed by atoms with E-state index < -0.39 is 5.97 Å². The van der Waals surface area contributed by atoms with Gasteiger partial charge in [-0.15, -0.1) is 0 Å². The number of rotatable bonds is 7. The van der Waals surface area contributed by atoms with E-state index in [0.717, 1.165) is 24.0 Å². The minimum atomic E-state index is -0.717. The highest BCUT2D eigenvalue weighted by molar-refractivity contribution is 9.10. The summed E-state index contributed by atoms with van der Waals surface area (Å²) < 4.78 is 1.10. The molecule has 0 spiro atoms. The number of nitrogens with zero attached hydrogens (tertiary/aromatic N) is 1. The molecule has 0 heterocycles. The van der Waals surface area contributed by atoms with Crippen molar-refractivity contribution < 1.29 is 9.90 Å². The minimum absolute atomic E-state index is 0.251. The van der Waals surface area contributed by atoms with Crippen LogP contribution in [0.25, 0.3) is 0 Å². The fourth-order valence-corrected chi connectivity index (χ4v) is 2.07. The van der Waals surface area contributed by atoms with Gasteiger partial charge in [-0.1, -0.05) is 28.1 Å². The lowest BCUT2D eigenvalue weighted by Crippen LogP contribution is -2.23. The molecule has 0 aliphatic heterocycles. The second kappa shape index (κ2) is 7.45. The predicted molar refractivity (Wildman–Crippen MR) is 72.2 cm³/mol. The molecule has 0 aliphatic carbocycles. The summed E-state index contributed by atoms with van der Waals surface area (Å²) in [7, 11) is 2.03. The first-order chi connectivity index (χ1) is 8.08. The number of carbonyl (C=O) groups is 1. The Morgan fingerprint density at radius 1 is 1.41 bits per heavy atom. The van der Waals surface area contributed by atoms with Gasteiger partial charge in [0.15, 0.2) is 0 Å². The molecule has 0 saturated heterocycles. The summed E-state index contributed by atoms with van der Waals surface area (Å²) in [6.07, 6.45) is 1.95. The first-order valence-electron chi connectivity index (χ1n) is 5.72. The lowest BCUT2D eigenvalue weighted by Gasteiger charge is -2.15. The molecule has 0 unspecified atom stereocenters. The number of carboxylic acid groups (broad SMARTS) is 1. The number of hydrogen-bond donors (Lipinski definition) is 1. The Morgan fingerprint density at radius 2 is 2.18 bits per heavy atom. The molecule has 1 aromatic rings. The topological polar surface area (TPSA) is 40.5 Å². The third kappa shape index (κ3) is 6.44. The molecular formula is C13H18BrNO2. The van der Waals surface area contributed by atoms with Crippen LogP contribution in [0.15, 0.2) is 28.7 Å². The fraction of sp³-hybridized carbons (Fsp3) is 0.462. The van der Waals surface area contributed by atoms with Crippen molar-refractivity contribution >= 4 is 21.9 Å². The van der Waals surface area contributed by atoms with E-state index in [4.69, 9.17) is 5.11 Å². The zero-order valence-electron chi connectivity index (χ0n) is 10.0. The van der Waals surface area contributed by atoms with Gasteiger partial charge in [0.05, 0.1) is 0 Å². The minimum Gasteiger partial charge on any atom is -0.481 e. The fourth-order valence-electron chi connectivity index (χ4n) is 1.62. The van der Waals surface area contributed by atoms with Crippen LogP contribution in [0.5, 0.6) is 0 Å². The third-order valence-corrected chi connectivity index (χ3v) is 3.09. The van der Waals surface area contributed by atoms with Crippen LogP contribution in [0.3, 0.4) is 0 Å². The van der Waals surface area contributed by atoms with E-state index in [0.29, 0.717) is 6.42 Å². The van der Waals surface area contributed by atoms with E-state index in [1.165, 1.54) is 5.56 Å². The van der Waals surface area contributed by atoms with Crippen LogP contribution in [-0.4, -0.2) is 36.1 Å². The van der Waals surface area contributed by atoms with E-state index in [1.54, 1.807) is 0 Å². The summed E-state index contributed by atoms with van der Waals surface area (Å²) in [6, 6.07) is 8.27. The van der Waals surface area contributed by atoms with Crippen molar-refractivity contribution in [3.63, 3.8) is 0 Å². The highest BCUT2D eigenvalue weighted by atomic mass is 79.9. The van der Waals surface area contributed by atoms with Gasteiger partial charge in [0, 0.05) is 17.4 Å². The summed E-state index contributed by atoms with van der Waals surface area (Å²) in [5.41, 5.74) is 1.30. The summed E-state index contributed by atoms with van der Waals surface area (Å²) >= 11 is 3.45. The Bertz CT molecular complexity index is 368. The SMILES string of the molecule is CN(CCCC(=O)O)CCc1cccc(Br)c1. The Hall–Kier alpha value is -0.870. The molecule has 0 radical (unpaired) electrons. The lowest BCUT2D eigenvalue weighted by molar-refractivity contribution is -0.137. The van der Waals surface area contributed by atoms with E-state index >= 15 is 0 Å². The molecule has 94 valence electrons. The maximum absolute atomic E-state index is 10.4. The first kappa shape index (κ1) is 14.2. The van der Waals surface area contributed by atoms with Crippen LogP contribution in [0, 0.1) is 0 Å². The largest absolute Gasteiger partial charge is 0.481 e. The molecule has 0 saturated carbocycles. The summed E-state index contributed by atoms with van der Waals surface area (Å²) in [6.45, 7) is 1.79. The molecule has 0 bridgehead atoms. The van der Waals surface area contributed by atoms with Crippen molar-refractivity contribution in [1.29, 1.82) is 0 Å². The summed E-state index contributed by atoms with van der Waals surface area (Å²) in [5, 5.41) is 8.54. The normalized spacial score (nSPS) is 10.8. The Labute approximate surface area is 111 Å². The van der Waals surface area contributed by atoms with E-state index in [9.17, 15) is 4.79 Å². The average molecular weight is 300 g/mol. The second-order valence-electron chi connectivity index (χ2n) is 4.18. The van der Waals surface area contributed by atoms with Crippen LogP contribution in [0.4, 0.5) is 0 Å². The third-order valence-electron chi connectivity index (χ3n) is 2.60. The van der Waals surface area contributed by atoms with Gasteiger partial charge in [0.25, 0.3) is 0 Å². The number of likely N-dealkylation sites (N-methyl/N-ethyl adjacent to an activating group) is 1. The van der Waals surface area contributed by atoms with E-state index in [2.05, 4.69) is 33.0 Å². The van der Waals surface area contributed by atoms with Crippen molar-refractivity contribution in [1.82, 2.24) is 4.90 Å².